The van der Waals surface area contributed by atoms with E-state index >= 15 is 0 Å². The van der Waals surface area contributed by atoms with Crippen LogP contribution in [0, 0.1) is 12.7 Å². The summed E-state index contributed by atoms with van der Waals surface area (Å²) in [5.41, 5.74) is 2.36. The summed E-state index contributed by atoms with van der Waals surface area (Å²) in [6.07, 6.45) is 0.328. The number of aryl methyl sites for hydroxylation is 1. The Hall–Kier alpha value is -0.760. The van der Waals surface area contributed by atoms with E-state index in [1.165, 1.54) is 6.07 Å². The van der Waals surface area contributed by atoms with Gasteiger partial charge in [-0.15, -0.1) is 11.6 Å². The zero-order chi connectivity index (χ0) is 14.0. The molecule has 0 saturated heterocycles. The molecule has 100 valence electrons. The van der Waals surface area contributed by atoms with Crippen LogP contribution >= 0.6 is 34.8 Å². The van der Waals surface area contributed by atoms with Crippen LogP contribution in [0.5, 0.6) is 0 Å². The molecule has 1 unspecified atom stereocenters. The third-order valence-electron chi connectivity index (χ3n) is 3.02. The molecule has 0 fully saturated rings. The first kappa shape index (κ1) is 14.6. The summed E-state index contributed by atoms with van der Waals surface area (Å²) in [5.74, 6) is -0.335. The monoisotopic (exact) mass is 316 g/mol. The molecule has 0 N–H and O–H groups in total. The average Bonchev–Trinajstić information content (AvgIpc) is 2.37. The van der Waals surface area contributed by atoms with Crippen LogP contribution in [-0.2, 0) is 6.42 Å². The van der Waals surface area contributed by atoms with Crippen LogP contribution in [0.3, 0.4) is 0 Å². The van der Waals surface area contributed by atoms with Crippen LogP contribution in [0.1, 0.15) is 22.1 Å². The van der Waals surface area contributed by atoms with E-state index < -0.39 is 0 Å². The minimum absolute atomic E-state index is 0.328. The fraction of sp³-hybridized carbons (Fsp3) is 0.200. The van der Waals surface area contributed by atoms with Gasteiger partial charge in [0.15, 0.2) is 0 Å². The molecule has 0 amide bonds. The molecule has 2 rings (SSSR count). The maximum Gasteiger partial charge on any atom is 0.127 e. The third kappa shape index (κ3) is 3.42. The summed E-state index contributed by atoms with van der Waals surface area (Å²) < 4.78 is 13.7. The van der Waals surface area contributed by atoms with Gasteiger partial charge in [-0.05, 0) is 48.7 Å². The first-order chi connectivity index (χ1) is 8.99. The predicted octanol–water partition coefficient (Wildman–Crippen LogP) is 5.96. The van der Waals surface area contributed by atoms with Gasteiger partial charge in [0.25, 0.3) is 0 Å². The molecule has 0 bridgehead atoms. The van der Waals surface area contributed by atoms with Gasteiger partial charge in [-0.25, -0.2) is 4.39 Å². The normalized spacial score (nSPS) is 12.5. The largest absolute Gasteiger partial charge is 0.207 e. The highest BCUT2D eigenvalue weighted by Crippen LogP contribution is 2.32. The van der Waals surface area contributed by atoms with Crippen molar-refractivity contribution in [2.75, 3.05) is 0 Å². The number of rotatable bonds is 3. The summed E-state index contributed by atoms with van der Waals surface area (Å²) >= 11 is 18.4. The third-order valence-corrected chi connectivity index (χ3v) is 4.00. The van der Waals surface area contributed by atoms with Gasteiger partial charge in [0.05, 0.1) is 5.38 Å². The molecule has 4 heteroatoms. The zero-order valence-electron chi connectivity index (χ0n) is 10.3. The highest BCUT2D eigenvalue weighted by atomic mass is 35.5. The standard InChI is InChI=1S/C15H12Cl3F/c1-9-5-6-10(16)7-11(9)14(18)8-12-13(17)3-2-4-15(12)19/h2-7,14H,8H2,1H3. The molecule has 0 radical (unpaired) electrons. The molecular weight excluding hydrogens is 306 g/mol. The van der Waals surface area contributed by atoms with E-state index in [1.54, 1.807) is 18.2 Å². The maximum absolute atomic E-state index is 13.7. The van der Waals surface area contributed by atoms with Crippen molar-refractivity contribution < 1.29 is 4.39 Å². The Labute approximate surface area is 127 Å². The van der Waals surface area contributed by atoms with E-state index in [0.29, 0.717) is 22.0 Å². The number of benzene rings is 2. The van der Waals surface area contributed by atoms with Crippen molar-refractivity contribution in [1.29, 1.82) is 0 Å². The van der Waals surface area contributed by atoms with Gasteiger partial charge in [-0.3, -0.25) is 0 Å². The lowest BCUT2D eigenvalue weighted by molar-refractivity contribution is 0.607. The Balaban J connectivity index is 2.31. The number of hydrogen-bond acceptors (Lipinski definition) is 0. The Morgan fingerprint density at radius 1 is 1.16 bits per heavy atom. The van der Waals surface area contributed by atoms with E-state index in [0.717, 1.165) is 11.1 Å². The van der Waals surface area contributed by atoms with E-state index in [-0.39, 0.29) is 11.2 Å². The fourth-order valence-corrected chi connectivity index (χ4v) is 2.78. The highest BCUT2D eigenvalue weighted by molar-refractivity contribution is 6.31. The van der Waals surface area contributed by atoms with Crippen molar-refractivity contribution in [2.45, 2.75) is 18.7 Å². The summed E-state index contributed by atoms with van der Waals surface area (Å²) in [6.45, 7) is 1.95. The lowest BCUT2D eigenvalue weighted by Gasteiger charge is -2.14. The molecule has 2 aromatic rings. The molecule has 19 heavy (non-hydrogen) atoms. The molecule has 0 heterocycles. The number of alkyl halides is 1. The predicted molar refractivity (Wildman–Crippen MR) is 79.9 cm³/mol. The van der Waals surface area contributed by atoms with Crippen molar-refractivity contribution in [1.82, 2.24) is 0 Å². The first-order valence-corrected chi connectivity index (χ1v) is 7.01. The summed E-state index contributed by atoms with van der Waals surface area (Å²) in [7, 11) is 0. The molecule has 0 aromatic heterocycles. The fourth-order valence-electron chi connectivity index (χ4n) is 1.97. The molecule has 0 aliphatic rings. The number of halogens is 4. The van der Waals surface area contributed by atoms with Gasteiger partial charge >= 0.3 is 0 Å². The van der Waals surface area contributed by atoms with Gasteiger partial charge < -0.3 is 0 Å². The molecule has 0 spiro atoms. The molecule has 0 aliphatic carbocycles. The summed E-state index contributed by atoms with van der Waals surface area (Å²) in [4.78, 5) is 0. The topological polar surface area (TPSA) is 0 Å². The minimum atomic E-state index is -0.367. The van der Waals surface area contributed by atoms with Crippen LogP contribution in [-0.4, -0.2) is 0 Å². The van der Waals surface area contributed by atoms with Crippen molar-refractivity contribution in [3.8, 4) is 0 Å². The van der Waals surface area contributed by atoms with Crippen LogP contribution in [0.2, 0.25) is 10.0 Å². The van der Waals surface area contributed by atoms with Gasteiger partial charge in [-0.1, -0.05) is 35.3 Å². The maximum atomic E-state index is 13.7. The first-order valence-electron chi connectivity index (χ1n) is 5.82. The van der Waals surface area contributed by atoms with E-state index in [9.17, 15) is 4.39 Å². The van der Waals surface area contributed by atoms with Gasteiger partial charge in [-0.2, -0.15) is 0 Å². The van der Waals surface area contributed by atoms with Gasteiger partial charge in [0, 0.05) is 15.6 Å². The summed E-state index contributed by atoms with van der Waals surface area (Å²) in [5, 5.41) is 0.643. The van der Waals surface area contributed by atoms with E-state index in [1.807, 2.05) is 19.1 Å². The van der Waals surface area contributed by atoms with Crippen LogP contribution in [0.4, 0.5) is 4.39 Å². The second-order valence-corrected chi connectivity index (χ2v) is 5.74. The van der Waals surface area contributed by atoms with Crippen LogP contribution < -0.4 is 0 Å². The molecule has 1 atom stereocenters. The lowest BCUT2D eigenvalue weighted by atomic mass is 10.00. The molecule has 0 nitrogen and oxygen atoms in total. The van der Waals surface area contributed by atoms with Crippen molar-refractivity contribution in [2.24, 2.45) is 0 Å². The minimum Gasteiger partial charge on any atom is -0.207 e. The molecule has 0 aliphatic heterocycles. The SMILES string of the molecule is Cc1ccc(Cl)cc1C(Cl)Cc1c(F)cccc1Cl. The van der Waals surface area contributed by atoms with Crippen LogP contribution in [0.15, 0.2) is 36.4 Å². The van der Waals surface area contributed by atoms with Crippen molar-refractivity contribution >= 4 is 34.8 Å². The Morgan fingerprint density at radius 2 is 1.89 bits per heavy atom. The molecule has 2 aromatic carbocycles. The van der Waals surface area contributed by atoms with Crippen LogP contribution in [0.25, 0.3) is 0 Å². The van der Waals surface area contributed by atoms with Crippen molar-refractivity contribution in [3.63, 3.8) is 0 Å². The zero-order valence-corrected chi connectivity index (χ0v) is 12.5. The Bertz CT molecular complexity index is 576. The molecular formula is C15H12Cl3F. The van der Waals surface area contributed by atoms with E-state index in [2.05, 4.69) is 0 Å². The van der Waals surface area contributed by atoms with Gasteiger partial charge in [0.2, 0.25) is 0 Å². The second kappa shape index (κ2) is 6.13. The smallest absolute Gasteiger partial charge is 0.127 e. The average molecular weight is 318 g/mol. The van der Waals surface area contributed by atoms with Crippen molar-refractivity contribution in [3.05, 3.63) is 69.0 Å². The van der Waals surface area contributed by atoms with Gasteiger partial charge in [0.1, 0.15) is 5.82 Å². The lowest BCUT2D eigenvalue weighted by Crippen LogP contribution is -2.01. The second-order valence-electron chi connectivity index (χ2n) is 4.37. The quantitative estimate of drug-likeness (QED) is 0.612. The summed E-state index contributed by atoms with van der Waals surface area (Å²) in [6, 6.07) is 10.1. The highest BCUT2D eigenvalue weighted by Gasteiger charge is 2.16. The Morgan fingerprint density at radius 3 is 2.58 bits per heavy atom. The Kier molecular flexibility index (Phi) is 4.72. The molecule has 0 saturated carbocycles. The number of hydrogen-bond donors (Lipinski definition) is 0. The van der Waals surface area contributed by atoms with E-state index in [4.69, 9.17) is 34.8 Å².